The smallest absolute Gasteiger partial charge is 0.218 e. The van der Waals surface area contributed by atoms with E-state index in [-0.39, 0.29) is 6.23 Å². The predicted molar refractivity (Wildman–Crippen MR) is 57.4 cm³/mol. The fourth-order valence-corrected chi connectivity index (χ4v) is 1.49. The Labute approximate surface area is 90.9 Å². The van der Waals surface area contributed by atoms with Crippen LogP contribution in [0.2, 0.25) is 0 Å². The minimum absolute atomic E-state index is 0.159. The quantitative estimate of drug-likeness (QED) is 0.812. The van der Waals surface area contributed by atoms with E-state index in [1.165, 1.54) is 0 Å². The highest BCUT2D eigenvalue weighted by molar-refractivity contribution is 9.10. The molecule has 0 saturated heterocycles. The van der Waals surface area contributed by atoms with Crippen LogP contribution >= 0.6 is 15.9 Å². The minimum atomic E-state index is -0.159. The van der Waals surface area contributed by atoms with Crippen LogP contribution in [-0.4, -0.2) is 25.8 Å². The van der Waals surface area contributed by atoms with E-state index in [1.807, 2.05) is 24.3 Å². The highest BCUT2D eigenvalue weighted by atomic mass is 79.9. The number of methoxy groups -OCH3 is 1. The molecular formula is C10H10BrNO2. The van der Waals surface area contributed by atoms with Gasteiger partial charge in [0.15, 0.2) is 6.23 Å². The topological polar surface area (TPSA) is 30.8 Å². The largest absolute Gasteiger partial charge is 0.473 e. The lowest BCUT2D eigenvalue weighted by atomic mass is 10.2. The van der Waals surface area contributed by atoms with E-state index in [4.69, 9.17) is 9.47 Å². The second-order valence-electron chi connectivity index (χ2n) is 2.94. The lowest BCUT2D eigenvalue weighted by molar-refractivity contribution is 0.0833. The molecule has 74 valence electrons. The van der Waals surface area contributed by atoms with Gasteiger partial charge in [0.1, 0.15) is 6.61 Å². The highest BCUT2D eigenvalue weighted by Crippen LogP contribution is 2.15. The zero-order valence-electron chi connectivity index (χ0n) is 7.74. The SMILES string of the molecule is COC1COC(c2ccc(Br)cc2)=N1. The molecule has 1 aromatic carbocycles. The van der Waals surface area contributed by atoms with Crippen molar-refractivity contribution in [2.24, 2.45) is 4.99 Å². The lowest BCUT2D eigenvalue weighted by Crippen LogP contribution is -2.07. The van der Waals surface area contributed by atoms with Gasteiger partial charge in [-0.1, -0.05) is 15.9 Å². The molecule has 4 heteroatoms. The lowest BCUT2D eigenvalue weighted by Gasteiger charge is -2.00. The molecule has 1 unspecified atom stereocenters. The van der Waals surface area contributed by atoms with Crippen LogP contribution in [0.15, 0.2) is 33.7 Å². The van der Waals surface area contributed by atoms with Gasteiger partial charge in [-0.3, -0.25) is 0 Å². The summed E-state index contributed by atoms with van der Waals surface area (Å²) in [6.07, 6.45) is -0.159. The molecule has 1 aliphatic heterocycles. The van der Waals surface area contributed by atoms with E-state index >= 15 is 0 Å². The van der Waals surface area contributed by atoms with Crippen LogP contribution < -0.4 is 0 Å². The normalized spacial score (nSPS) is 20.4. The van der Waals surface area contributed by atoms with Crippen LogP contribution in [0.25, 0.3) is 0 Å². The molecule has 0 fully saturated rings. The number of halogens is 1. The Bertz CT molecular complexity index is 348. The molecule has 1 aliphatic rings. The highest BCUT2D eigenvalue weighted by Gasteiger charge is 2.18. The standard InChI is InChI=1S/C10H10BrNO2/c1-13-9-6-14-10(12-9)7-2-4-8(11)5-3-7/h2-5,9H,6H2,1H3. The van der Waals surface area contributed by atoms with Crippen molar-refractivity contribution in [3.63, 3.8) is 0 Å². The van der Waals surface area contributed by atoms with Gasteiger partial charge in [-0.15, -0.1) is 0 Å². The molecule has 0 spiro atoms. The molecule has 1 aromatic rings. The Kier molecular flexibility index (Phi) is 2.84. The monoisotopic (exact) mass is 255 g/mol. The first-order chi connectivity index (χ1) is 6.79. The average molecular weight is 256 g/mol. The zero-order valence-corrected chi connectivity index (χ0v) is 9.32. The third-order valence-corrected chi connectivity index (χ3v) is 2.52. The molecular weight excluding hydrogens is 246 g/mol. The third-order valence-electron chi connectivity index (χ3n) is 1.99. The molecule has 1 heterocycles. The molecule has 14 heavy (non-hydrogen) atoms. The predicted octanol–water partition coefficient (Wildman–Crippen LogP) is 2.20. The van der Waals surface area contributed by atoms with Gasteiger partial charge in [0.2, 0.25) is 5.90 Å². The van der Waals surface area contributed by atoms with Gasteiger partial charge in [-0.25, -0.2) is 4.99 Å². The van der Waals surface area contributed by atoms with Crippen LogP contribution in [0, 0.1) is 0 Å². The molecule has 0 radical (unpaired) electrons. The van der Waals surface area contributed by atoms with Gasteiger partial charge >= 0.3 is 0 Å². The van der Waals surface area contributed by atoms with E-state index < -0.39 is 0 Å². The van der Waals surface area contributed by atoms with Gasteiger partial charge in [-0.05, 0) is 24.3 Å². The van der Waals surface area contributed by atoms with Crippen molar-refractivity contribution < 1.29 is 9.47 Å². The molecule has 0 aromatic heterocycles. The molecule has 0 saturated carbocycles. The number of ether oxygens (including phenoxy) is 2. The maximum atomic E-state index is 5.39. The Morgan fingerprint density at radius 3 is 2.71 bits per heavy atom. The number of aliphatic imine (C=N–C) groups is 1. The van der Waals surface area contributed by atoms with Crippen LogP contribution in [0.1, 0.15) is 5.56 Å². The van der Waals surface area contributed by atoms with Gasteiger partial charge in [0.25, 0.3) is 0 Å². The van der Waals surface area contributed by atoms with Crippen LogP contribution in [-0.2, 0) is 9.47 Å². The van der Waals surface area contributed by atoms with Gasteiger partial charge in [0.05, 0.1) is 0 Å². The van der Waals surface area contributed by atoms with Crippen molar-refractivity contribution >= 4 is 21.8 Å². The summed E-state index contributed by atoms with van der Waals surface area (Å²) in [6, 6.07) is 7.84. The van der Waals surface area contributed by atoms with E-state index in [1.54, 1.807) is 7.11 Å². The second kappa shape index (κ2) is 4.11. The summed E-state index contributed by atoms with van der Waals surface area (Å²) >= 11 is 3.37. The second-order valence-corrected chi connectivity index (χ2v) is 3.86. The summed E-state index contributed by atoms with van der Waals surface area (Å²) in [5, 5.41) is 0. The molecule has 3 nitrogen and oxygen atoms in total. The first-order valence-corrected chi connectivity index (χ1v) is 5.08. The number of nitrogens with zero attached hydrogens (tertiary/aromatic N) is 1. The van der Waals surface area contributed by atoms with Gasteiger partial charge in [-0.2, -0.15) is 0 Å². The van der Waals surface area contributed by atoms with E-state index in [0.29, 0.717) is 12.5 Å². The number of rotatable bonds is 2. The minimum Gasteiger partial charge on any atom is -0.473 e. The summed E-state index contributed by atoms with van der Waals surface area (Å²) in [6.45, 7) is 0.502. The van der Waals surface area contributed by atoms with Gasteiger partial charge in [0, 0.05) is 17.1 Å². The fraction of sp³-hybridized carbons (Fsp3) is 0.300. The molecule has 0 N–H and O–H groups in total. The van der Waals surface area contributed by atoms with Gasteiger partial charge < -0.3 is 9.47 Å². The zero-order chi connectivity index (χ0) is 9.97. The number of hydrogen-bond donors (Lipinski definition) is 0. The van der Waals surface area contributed by atoms with E-state index in [0.717, 1.165) is 10.0 Å². The molecule has 2 rings (SSSR count). The number of benzene rings is 1. The Hall–Kier alpha value is -0.870. The van der Waals surface area contributed by atoms with Crippen molar-refractivity contribution in [3.05, 3.63) is 34.3 Å². The fourth-order valence-electron chi connectivity index (χ4n) is 1.23. The summed E-state index contributed by atoms with van der Waals surface area (Å²) in [5.41, 5.74) is 0.979. The summed E-state index contributed by atoms with van der Waals surface area (Å²) in [7, 11) is 1.63. The maximum Gasteiger partial charge on any atom is 0.218 e. The average Bonchev–Trinajstić information content (AvgIpc) is 2.67. The first-order valence-electron chi connectivity index (χ1n) is 4.29. The van der Waals surface area contributed by atoms with Crippen LogP contribution in [0.3, 0.4) is 0 Å². The molecule has 0 amide bonds. The van der Waals surface area contributed by atoms with Crippen molar-refractivity contribution in [3.8, 4) is 0 Å². The molecule has 0 bridgehead atoms. The van der Waals surface area contributed by atoms with E-state index in [2.05, 4.69) is 20.9 Å². The Morgan fingerprint density at radius 1 is 1.43 bits per heavy atom. The van der Waals surface area contributed by atoms with Crippen LogP contribution in [0.5, 0.6) is 0 Å². The molecule has 0 aliphatic carbocycles. The summed E-state index contributed by atoms with van der Waals surface area (Å²) < 4.78 is 11.5. The van der Waals surface area contributed by atoms with Crippen molar-refractivity contribution in [2.45, 2.75) is 6.23 Å². The van der Waals surface area contributed by atoms with Crippen molar-refractivity contribution in [2.75, 3.05) is 13.7 Å². The third kappa shape index (κ3) is 1.96. The Morgan fingerprint density at radius 2 is 2.14 bits per heavy atom. The maximum absolute atomic E-state index is 5.39. The summed E-state index contributed by atoms with van der Waals surface area (Å²) in [4.78, 5) is 4.26. The summed E-state index contributed by atoms with van der Waals surface area (Å²) in [5.74, 6) is 0.657. The first kappa shape index (κ1) is 9.68. The van der Waals surface area contributed by atoms with E-state index in [9.17, 15) is 0 Å². The van der Waals surface area contributed by atoms with Crippen molar-refractivity contribution in [1.29, 1.82) is 0 Å². The van der Waals surface area contributed by atoms with Crippen LogP contribution in [0.4, 0.5) is 0 Å². The molecule has 1 atom stereocenters. The Balaban J connectivity index is 2.20. The number of hydrogen-bond acceptors (Lipinski definition) is 3. The van der Waals surface area contributed by atoms with Crippen molar-refractivity contribution in [1.82, 2.24) is 0 Å².